The first kappa shape index (κ1) is 13.7. The highest BCUT2D eigenvalue weighted by atomic mass is 16.6. The molecule has 0 N–H and O–H groups in total. The minimum absolute atomic E-state index is 0. The molecule has 0 aromatic rings. The van der Waals surface area contributed by atoms with E-state index < -0.39 is 11.4 Å². The first-order valence-corrected chi connectivity index (χ1v) is 3.33. The van der Waals surface area contributed by atoms with Gasteiger partial charge in [0.1, 0.15) is 0 Å². The third-order valence-corrected chi connectivity index (χ3v) is 2.01. The van der Waals surface area contributed by atoms with Crippen molar-refractivity contribution in [1.29, 1.82) is 0 Å². The van der Waals surface area contributed by atoms with Gasteiger partial charge in [-0.1, -0.05) is 21.8 Å². The Morgan fingerprint density at radius 1 is 1.42 bits per heavy atom. The van der Waals surface area contributed by atoms with E-state index >= 15 is 0 Å². The molecule has 0 spiro atoms. The van der Waals surface area contributed by atoms with E-state index in [0.717, 1.165) is 0 Å². The maximum Gasteiger partial charge on any atom is 0.320 e. The summed E-state index contributed by atoms with van der Waals surface area (Å²) in [6.07, 6.45) is 0.903. The SMILES string of the molecule is C.C.CCC1(C)CC(=O)OC1=O. The van der Waals surface area contributed by atoms with Crippen LogP contribution in [0.5, 0.6) is 0 Å². The van der Waals surface area contributed by atoms with Crippen LogP contribution in [0.2, 0.25) is 0 Å². The molecule has 1 rings (SSSR count). The Labute approximate surface area is 74.1 Å². The fourth-order valence-electron chi connectivity index (χ4n) is 0.923. The molecule has 0 saturated carbocycles. The van der Waals surface area contributed by atoms with E-state index in [0.29, 0.717) is 6.42 Å². The van der Waals surface area contributed by atoms with E-state index in [1.54, 1.807) is 6.92 Å². The molecular formula is C9H18O3. The van der Waals surface area contributed by atoms with E-state index in [9.17, 15) is 9.59 Å². The largest absolute Gasteiger partial charge is 0.393 e. The summed E-state index contributed by atoms with van der Waals surface area (Å²) >= 11 is 0. The van der Waals surface area contributed by atoms with Crippen molar-refractivity contribution in [3.05, 3.63) is 0 Å². The normalized spacial score (nSPS) is 27.2. The van der Waals surface area contributed by atoms with Crippen molar-refractivity contribution in [3.8, 4) is 0 Å². The van der Waals surface area contributed by atoms with Crippen LogP contribution in [-0.2, 0) is 14.3 Å². The standard InChI is InChI=1S/C7H10O3.2CH4/c1-3-7(2)4-5(8)10-6(7)9;;/h3-4H2,1-2H3;2*1H4. The number of hydrogen-bond acceptors (Lipinski definition) is 3. The number of cyclic esters (lactones) is 2. The van der Waals surface area contributed by atoms with Crippen LogP contribution in [0.4, 0.5) is 0 Å². The fraction of sp³-hybridized carbons (Fsp3) is 0.778. The van der Waals surface area contributed by atoms with Gasteiger partial charge in [-0.15, -0.1) is 0 Å². The summed E-state index contributed by atoms with van der Waals surface area (Å²) in [4.78, 5) is 21.5. The van der Waals surface area contributed by atoms with Crippen LogP contribution < -0.4 is 0 Å². The molecule has 1 saturated heterocycles. The molecule has 3 heteroatoms. The molecule has 1 atom stereocenters. The number of esters is 2. The van der Waals surface area contributed by atoms with Crippen molar-refractivity contribution < 1.29 is 14.3 Å². The topological polar surface area (TPSA) is 43.4 Å². The smallest absolute Gasteiger partial charge is 0.320 e. The molecule has 0 aromatic carbocycles. The molecule has 1 unspecified atom stereocenters. The Balaban J connectivity index is 0. The molecule has 0 radical (unpaired) electrons. The van der Waals surface area contributed by atoms with E-state index in [1.807, 2.05) is 6.92 Å². The zero-order valence-electron chi connectivity index (χ0n) is 6.14. The minimum atomic E-state index is -0.545. The van der Waals surface area contributed by atoms with Crippen molar-refractivity contribution in [1.82, 2.24) is 0 Å². The average Bonchev–Trinajstić information content (AvgIpc) is 2.09. The van der Waals surface area contributed by atoms with Crippen LogP contribution >= 0.6 is 0 Å². The number of carbonyl (C=O) groups excluding carboxylic acids is 2. The lowest BCUT2D eigenvalue weighted by Gasteiger charge is -2.12. The van der Waals surface area contributed by atoms with Crippen LogP contribution in [0, 0.1) is 5.41 Å². The molecule has 1 aliphatic rings. The Bertz CT molecular complexity index is 186. The minimum Gasteiger partial charge on any atom is -0.393 e. The van der Waals surface area contributed by atoms with Gasteiger partial charge in [0.05, 0.1) is 11.8 Å². The number of hydrogen-bond donors (Lipinski definition) is 0. The summed E-state index contributed by atoms with van der Waals surface area (Å²) in [5.41, 5.74) is -0.545. The summed E-state index contributed by atoms with van der Waals surface area (Å²) in [5, 5.41) is 0. The van der Waals surface area contributed by atoms with Gasteiger partial charge in [0, 0.05) is 0 Å². The summed E-state index contributed by atoms with van der Waals surface area (Å²) in [7, 11) is 0. The van der Waals surface area contributed by atoms with Crippen LogP contribution in [-0.4, -0.2) is 11.9 Å². The molecule has 1 aliphatic heterocycles. The molecule has 0 aromatic heterocycles. The molecule has 0 amide bonds. The molecule has 1 heterocycles. The lowest BCUT2D eigenvalue weighted by atomic mass is 9.86. The third-order valence-electron chi connectivity index (χ3n) is 2.01. The van der Waals surface area contributed by atoms with Crippen LogP contribution in [0.3, 0.4) is 0 Å². The van der Waals surface area contributed by atoms with Gasteiger partial charge in [0.25, 0.3) is 0 Å². The molecule has 0 bridgehead atoms. The molecule has 1 fully saturated rings. The lowest BCUT2D eigenvalue weighted by Crippen LogP contribution is -2.20. The highest BCUT2D eigenvalue weighted by Crippen LogP contribution is 2.33. The summed E-state index contributed by atoms with van der Waals surface area (Å²) in [5.74, 6) is -0.769. The van der Waals surface area contributed by atoms with Crippen LogP contribution in [0.15, 0.2) is 0 Å². The van der Waals surface area contributed by atoms with Gasteiger partial charge in [-0.2, -0.15) is 0 Å². The van der Waals surface area contributed by atoms with E-state index in [1.165, 1.54) is 0 Å². The van der Waals surface area contributed by atoms with Crippen molar-refractivity contribution in [3.63, 3.8) is 0 Å². The first-order valence-electron chi connectivity index (χ1n) is 3.33. The number of rotatable bonds is 1. The van der Waals surface area contributed by atoms with Gasteiger partial charge in [0.2, 0.25) is 0 Å². The van der Waals surface area contributed by atoms with Crippen molar-refractivity contribution in [2.45, 2.75) is 41.5 Å². The Morgan fingerprint density at radius 2 is 1.92 bits per heavy atom. The predicted molar refractivity (Wildman–Crippen MR) is 47.6 cm³/mol. The molecule has 12 heavy (non-hydrogen) atoms. The number of ether oxygens (including phenoxy) is 1. The van der Waals surface area contributed by atoms with E-state index in [2.05, 4.69) is 4.74 Å². The molecular weight excluding hydrogens is 156 g/mol. The highest BCUT2D eigenvalue weighted by molar-refractivity contribution is 5.97. The lowest BCUT2D eigenvalue weighted by molar-refractivity contribution is -0.154. The Morgan fingerprint density at radius 3 is 2.08 bits per heavy atom. The van der Waals surface area contributed by atoms with Gasteiger partial charge in [-0.05, 0) is 13.3 Å². The zero-order valence-corrected chi connectivity index (χ0v) is 6.14. The molecule has 72 valence electrons. The quantitative estimate of drug-likeness (QED) is 0.452. The van der Waals surface area contributed by atoms with Crippen molar-refractivity contribution in [2.75, 3.05) is 0 Å². The monoisotopic (exact) mass is 174 g/mol. The van der Waals surface area contributed by atoms with Gasteiger partial charge in [-0.25, -0.2) is 0 Å². The van der Waals surface area contributed by atoms with Crippen molar-refractivity contribution in [2.24, 2.45) is 5.41 Å². The van der Waals surface area contributed by atoms with E-state index in [-0.39, 0.29) is 27.2 Å². The van der Waals surface area contributed by atoms with Crippen molar-refractivity contribution >= 4 is 11.9 Å². The highest BCUT2D eigenvalue weighted by Gasteiger charge is 2.43. The predicted octanol–water partition coefficient (Wildman–Crippen LogP) is 2.15. The van der Waals surface area contributed by atoms with Gasteiger partial charge in [-0.3, -0.25) is 9.59 Å². The maximum absolute atomic E-state index is 10.9. The second-order valence-corrected chi connectivity index (χ2v) is 2.85. The zero-order chi connectivity index (χ0) is 7.78. The fourth-order valence-corrected chi connectivity index (χ4v) is 0.923. The Hall–Kier alpha value is -0.860. The van der Waals surface area contributed by atoms with Gasteiger partial charge < -0.3 is 4.74 Å². The van der Waals surface area contributed by atoms with Crippen LogP contribution in [0.25, 0.3) is 0 Å². The second-order valence-electron chi connectivity index (χ2n) is 2.85. The third kappa shape index (κ3) is 2.06. The average molecular weight is 174 g/mol. The number of carbonyl (C=O) groups is 2. The second kappa shape index (κ2) is 4.24. The summed E-state index contributed by atoms with van der Waals surface area (Å²) in [6.45, 7) is 3.63. The van der Waals surface area contributed by atoms with Gasteiger partial charge in [0.15, 0.2) is 0 Å². The Kier molecular flexibility index (Phi) is 4.84. The van der Waals surface area contributed by atoms with Crippen LogP contribution in [0.1, 0.15) is 41.5 Å². The van der Waals surface area contributed by atoms with E-state index in [4.69, 9.17) is 0 Å². The molecule has 3 nitrogen and oxygen atoms in total. The first-order chi connectivity index (χ1) is 4.58. The summed E-state index contributed by atoms with van der Waals surface area (Å²) < 4.78 is 4.39. The molecule has 0 aliphatic carbocycles. The summed E-state index contributed by atoms with van der Waals surface area (Å²) in [6, 6.07) is 0. The van der Waals surface area contributed by atoms with Gasteiger partial charge >= 0.3 is 11.9 Å². The maximum atomic E-state index is 10.9.